The quantitative estimate of drug-likeness (QED) is 0.165. The molecule has 0 unspecified atom stereocenters. The molecule has 44 heavy (non-hydrogen) atoms. The summed E-state index contributed by atoms with van der Waals surface area (Å²) >= 11 is 0. The van der Waals surface area contributed by atoms with Gasteiger partial charge in [0.25, 0.3) is 11.9 Å². The Labute approximate surface area is 247 Å². The number of anilines is 5. The van der Waals surface area contributed by atoms with Crippen molar-refractivity contribution in [3.63, 3.8) is 0 Å². The number of fused-ring (bicyclic) bond motifs is 1. The maximum absolute atomic E-state index is 15.1. The number of hydrogen-bond acceptors (Lipinski definition) is 14. The Morgan fingerprint density at radius 1 is 1.05 bits per heavy atom. The molecule has 0 saturated heterocycles. The fraction of sp³-hybridized carbons (Fsp3) is 0.304. The minimum atomic E-state index is -5.03. The molecule has 0 spiro atoms. The van der Waals surface area contributed by atoms with Gasteiger partial charge in [-0.3, -0.25) is 14.2 Å². The van der Waals surface area contributed by atoms with Gasteiger partial charge in [-0.25, -0.2) is 18.9 Å². The van der Waals surface area contributed by atoms with Crippen LogP contribution in [0.4, 0.5) is 33.5 Å². The molecule has 19 nitrogen and oxygen atoms in total. The Kier molecular flexibility index (Phi) is 8.91. The number of pyridine rings is 1. The fourth-order valence-electron chi connectivity index (χ4n) is 3.99. The number of phosphoric acid groups is 1. The van der Waals surface area contributed by atoms with Gasteiger partial charge in [-0.05, 0) is 26.0 Å². The summed E-state index contributed by atoms with van der Waals surface area (Å²) in [6.07, 6.45) is 0.639. The van der Waals surface area contributed by atoms with E-state index in [1.165, 1.54) is 59.4 Å². The first-order valence-corrected chi connectivity index (χ1v) is 13.6. The number of methoxy groups -OCH3 is 3. The highest BCUT2D eigenvalue weighted by Gasteiger charge is 2.43. The van der Waals surface area contributed by atoms with E-state index in [4.69, 9.17) is 28.7 Å². The van der Waals surface area contributed by atoms with Crippen LogP contribution in [0.2, 0.25) is 0 Å². The first-order chi connectivity index (χ1) is 20.8. The lowest BCUT2D eigenvalue weighted by Gasteiger charge is -2.37. The average Bonchev–Trinajstić information content (AvgIpc) is 2.98. The zero-order valence-corrected chi connectivity index (χ0v) is 24.5. The number of ether oxygens (including phenoxy) is 4. The van der Waals surface area contributed by atoms with Crippen molar-refractivity contribution >= 4 is 42.8 Å². The minimum absolute atomic E-state index is 0.00329. The van der Waals surface area contributed by atoms with Gasteiger partial charge in [0.2, 0.25) is 5.75 Å². The van der Waals surface area contributed by atoms with Gasteiger partial charge in [-0.2, -0.15) is 15.0 Å². The number of halogens is 1. The third-order valence-electron chi connectivity index (χ3n) is 5.94. The molecule has 234 valence electrons. The largest absolute Gasteiger partial charge is 0.493 e. The highest BCUT2D eigenvalue weighted by atomic mass is 31.2. The fourth-order valence-corrected chi connectivity index (χ4v) is 4.25. The maximum Gasteiger partial charge on any atom is 0.471 e. The summed E-state index contributed by atoms with van der Waals surface area (Å²) in [6, 6.07) is 5.10. The van der Waals surface area contributed by atoms with Crippen molar-refractivity contribution in [2.24, 2.45) is 10.6 Å². The molecule has 3 heterocycles. The summed E-state index contributed by atoms with van der Waals surface area (Å²) in [4.78, 5) is 67.9. The number of aromatic nitrogens is 3. The van der Waals surface area contributed by atoms with E-state index in [1.54, 1.807) is 0 Å². The van der Waals surface area contributed by atoms with Crippen molar-refractivity contribution in [1.82, 2.24) is 15.0 Å². The molecule has 0 atom stereocenters. The second-order valence-corrected chi connectivity index (χ2v) is 10.3. The molecule has 0 radical (unpaired) electrons. The molecule has 1 amide bonds. The van der Waals surface area contributed by atoms with Crippen LogP contribution in [0.25, 0.3) is 0 Å². The van der Waals surface area contributed by atoms with E-state index in [0.717, 1.165) is 4.90 Å². The van der Waals surface area contributed by atoms with Gasteiger partial charge in [0.15, 0.2) is 46.1 Å². The van der Waals surface area contributed by atoms with Crippen LogP contribution in [0, 0.1) is 15.6 Å². The summed E-state index contributed by atoms with van der Waals surface area (Å²) in [5.74, 6) is -3.61. The first-order valence-electron chi connectivity index (χ1n) is 12.1. The van der Waals surface area contributed by atoms with E-state index >= 15 is 4.39 Å². The lowest BCUT2D eigenvalue weighted by Crippen LogP contribution is -2.53. The molecule has 3 aromatic rings. The Morgan fingerprint density at radius 2 is 1.68 bits per heavy atom. The number of rotatable bonds is 12. The molecule has 4 rings (SSSR count). The SMILES string of the molecule is COc1cc(N(N=O)c2ncc(F)c(N(N=O)c3ccc4c(n3)N(COP(=O)(O)O)C(=O)C(C)(C)O4)n2)cc(OC)c1OC. The lowest BCUT2D eigenvalue weighted by atomic mass is 10.1. The molecular formula is C23H24FN8O11P. The lowest BCUT2D eigenvalue weighted by molar-refractivity contribution is -0.133. The molecule has 0 saturated carbocycles. The normalized spacial score (nSPS) is 13.8. The van der Waals surface area contributed by atoms with Gasteiger partial charge in [0.05, 0.1) is 43.8 Å². The van der Waals surface area contributed by atoms with Gasteiger partial charge in [0, 0.05) is 12.1 Å². The van der Waals surface area contributed by atoms with Gasteiger partial charge in [0.1, 0.15) is 6.73 Å². The molecule has 2 N–H and O–H groups in total. The van der Waals surface area contributed by atoms with Gasteiger partial charge < -0.3 is 28.7 Å². The third kappa shape index (κ3) is 6.18. The van der Waals surface area contributed by atoms with Gasteiger partial charge in [-0.15, -0.1) is 9.81 Å². The zero-order valence-electron chi connectivity index (χ0n) is 23.6. The molecule has 21 heteroatoms. The Balaban J connectivity index is 1.79. The number of benzene rings is 1. The number of amides is 1. The molecule has 0 bridgehead atoms. The van der Waals surface area contributed by atoms with E-state index in [0.29, 0.717) is 16.2 Å². The summed E-state index contributed by atoms with van der Waals surface area (Å²) in [7, 11) is -0.988. The predicted octanol–water partition coefficient (Wildman–Crippen LogP) is 3.25. The van der Waals surface area contributed by atoms with Crippen LogP contribution in [-0.4, -0.2) is 64.3 Å². The highest BCUT2D eigenvalue weighted by Crippen LogP contribution is 2.44. The standard InChI is InChI=1S/C23H24FN8O11P/c1-23(2)21(33)30(11-42-44(36,37)38)20-14(43-23)6-7-17(26-20)32(29-35)19-13(24)10-25-22(27-19)31(28-34)12-8-15(39-3)18(41-5)16(9-12)40-4/h6-10H,11H2,1-5H3,(H2,36,37,38). The summed E-state index contributed by atoms with van der Waals surface area (Å²) in [6.45, 7) is 1.84. The smallest absolute Gasteiger partial charge is 0.471 e. The van der Waals surface area contributed by atoms with Crippen LogP contribution < -0.4 is 33.9 Å². The zero-order chi connectivity index (χ0) is 32.4. The summed E-state index contributed by atoms with van der Waals surface area (Å²) < 4.78 is 52.3. The minimum Gasteiger partial charge on any atom is -0.493 e. The number of carbonyl (C=O) groups excluding carboxylic acids is 1. The van der Waals surface area contributed by atoms with E-state index in [9.17, 15) is 19.2 Å². The van der Waals surface area contributed by atoms with Crippen LogP contribution in [0.15, 0.2) is 41.0 Å². The topological polar surface area (TPSA) is 228 Å². The highest BCUT2D eigenvalue weighted by molar-refractivity contribution is 7.46. The van der Waals surface area contributed by atoms with Gasteiger partial charge >= 0.3 is 7.82 Å². The van der Waals surface area contributed by atoms with Crippen molar-refractivity contribution in [1.29, 1.82) is 0 Å². The van der Waals surface area contributed by atoms with E-state index in [-0.39, 0.29) is 34.5 Å². The van der Waals surface area contributed by atoms with Crippen LogP contribution in [0.5, 0.6) is 23.0 Å². The first kappa shape index (κ1) is 31.9. The van der Waals surface area contributed by atoms with Crippen molar-refractivity contribution in [3.05, 3.63) is 46.1 Å². The predicted molar refractivity (Wildman–Crippen MR) is 148 cm³/mol. The number of nitroso groups, excluding NO2 is 2. The molecule has 2 aromatic heterocycles. The van der Waals surface area contributed by atoms with E-state index < -0.39 is 49.5 Å². The van der Waals surface area contributed by atoms with Gasteiger partial charge in [-0.1, -0.05) is 0 Å². The number of nitrogens with zero attached hydrogens (tertiary/aromatic N) is 8. The monoisotopic (exact) mass is 638 g/mol. The second kappa shape index (κ2) is 12.3. The van der Waals surface area contributed by atoms with Crippen LogP contribution in [0.1, 0.15) is 13.8 Å². The Bertz CT molecular complexity index is 1630. The summed E-state index contributed by atoms with van der Waals surface area (Å²) in [5.41, 5.74) is -1.49. The van der Waals surface area contributed by atoms with Crippen LogP contribution in [-0.2, 0) is 13.9 Å². The molecule has 1 aliphatic heterocycles. The second-order valence-electron chi connectivity index (χ2n) is 9.10. The molecule has 1 aromatic carbocycles. The maximum atomic E-state index is 15.1. The molecular weight excluding hydrogens is 614 g/mol. The van der Waals surface area contributed by atoms with Crippen LogP contribution >= 0.6 is 7.82 Å². The average molecular weight is 638 g/mol. The third-order valence-corrected chi connectivity index (χ3v) is 6.39. The number of carbonyl (C=O) groups is 1. The van der Waals surface area contributed by atoms with Crippen LogP contribution in [0.3, 0.4) is 0 Å². The Morgan fingerprint density at radius 3 is 2.23 bits per heavy atom. The number of phosphoric ester groups is 1. The molecule has 0 fully saturated rings. The number of hydrogen-bond donors (Lipinski definition) is 2. The van der Waals surface area contributed by atoms with E-state index in [1.807, 2.05) is 0 Å². The van der Waals surface area contributed by atoms with Crippen molar-refractivity contribution in [2.45, 2.75) is 19.4 Å². The van der Waals surface area contributed by atoms with Crippen molar-refractivity contribution in [3.8, 4) is 23.0 Å². The molecule has 0 aliphatic carbocycles. The molecule has 1 aliphatic rings. The van der Waals surface area contributed by atoms with Crippen molar-refractivity contribution in [2.75, 3.05) is 43.0 Å². The Hall–Kier alpha value is -5.04. The van der Waals surface area contributed by atoms with E-state index in [2.05, 4.69) is 30.0 Å². The summed E-state index contributed by atoms with van der Waals surface area (Å²) in [5, 5.41) is 6.70. The van der Waals surface area contributed by atoms with Crippen molar-refractivity contribution < 1.29 is 47.0 Å².